The first kappa shape index (κ1) is 15.0. The van der Waals surface area contributed by atoms with Gasteiger partial charge in [0, 0.05) is 16.6 Å². The third kappa shape index (κ3) is 5.07. The molecular weight excluding hydrogens is 248 g/mol. The van der Waals surface area contributed by atoms with E-state index >= 15 is 0 Å². The van der Waals surface area contributed by atoms with Crippen molar-refractivity contribution in [3.05, 3.63) is 29.3 Å². The van der Waals surface area contributed by atoms with Crippen LogP contribution in [0, 0.1) is 11.8 Å². The Morgan fingerprint density at radius 3 is 2.72 bits per heavy atom. The normalized spacial score (nSPS) is 12.5. The summed E-state index contributed by atoms with van der Waals surface area (Å²) in [5.41, 5.74) is 6.29. The van der Waals surface area contributed by atoms with Gasteiger partial charge in [-0.1, -0.05) is 31.5 Å². The molecule has 0 heterocycles. The zero-order valence-corrected chi connectivity index (χ0v) is 11.7. The van der Waals surface area contributed by atoms with E-state index in [1.807, 2.05) is 12.1 Å². The van der Waals surface area contributed by atoms with Gasteiger partial charge in [0.1, 0.15) is 0 Å². The van der Waals surface area contributed by atoms with E-state index in [0.29, 0.717) is 23.9 Å². The highest BCUT2D eigenvalue weighted by molar-refractivity contribution is 6.30. The molecule has 0 aliphatic heterocycles. The molecule has 0 aliphatic rings. The molecule has 0 bridgehead atoms. The van der Waals surface area contributed by atoms with E-state index in [0.717, 1.165) is 12.1 Å². The number of carbonyl (C=O) groups is 1. The monoisotopic (exact) mass is 268 g/mol. The molecule has 1 unspecified atom stereocenters. The first-order chi connectivity index (χ1) is 8.52. The molecule has 1 amide bonds. The van der Waals surface area contributed by atoms with Crippen molar-refractivity contribution < 1.29 is 4.79 Å². The Kier molecular flexibility index (Phi) is 6.16. The van der Waals surface area contributed by atoms with Gasteiger partial charge in [-0.05, 0) is 43.5 Å². The highest BCUT2D eigenvalue weighted by Crippen LogP contribution is 2.19. The molecule has 0 aliphatic carbocycles. The first-order valence-electron chi connectivity index (χ1n) is 6.29. The fourth-order valence-electron chi connectivity index (χ4n) is 1.94. The Labute approximate surface area is 114 Å². The number of anilines is 1. The van der Waals surface area contributed by atoms with Gasteiger partial charge in [0.2, 0.25) is 5.91 Å². The number of hydrogen-bond donors (Lipinski definition) is 2. The predicted molar refractivity (Wildman–Crippen MR) is 76.7 cm³/mol. The molecule has 1 rings (SSSR count). The molecule has 0 radical (unpaired) electrons. The van der Waals surface area contributed by atoms with Gasteiger partial charge < -0.3 is 11.1 Å². The van der Waals surface area contributed by atoms with Gasteiger partial charge in [-0.3, -0.25) is 4.79 Å². The quantitative estimate of drug-likeness (QED) is 0.832. The van der Waals surface area contributed by atoms with Crippen LogP contribution in [0.1, 0.15) is 26.7 Å². The van der Waals surface area contributed by atoms with Gasteiger partial charge in [0.05, 0.1) is 0 Å². The summed E-state index contributed by atoms with van der Waals surface area (Å²) in [5, 5.41) is 3.51. The molecular formula is C14H21ClN2O. The van der Waals surface area contributed by atoms with E-state index in [4.69, 9.17) is 17.3 Å². The summed E-state index contributed by atoms with van der Waals surface area (Å²) in [5.74, 6) is 0.469. The average Bonchev–Trinajstić information content (AvgIpc) is 2.27. The van der Waals surface area contributed by atoms with Crippen LogP contribution in [0.4, 0.5) is 5.69 Å². The minimum atomic E-state index is -0.0334. The van der Waals surface area contributed by atoms with Crippen molar-refractivity contribution in [2.75, 3.05) is 11.9 Å². The van der Waals surface area contributed by atoms with Gasteiger partial charge in [0.25, 0.3) is 0 Å². The lowest BCUT2D eigenvalue weighted by Gasteiger charge is -2.18. The second-order valence-corrected chi connectivity index (χ2v) is 5.34. The van der Waals surface area contributed by atoms with E-state index in [-0.39, 0.29) is 11.8 Å². The summed E-state index contributed by atoms with van der Waals surface area (Å²) in [6.45, 7) is 4.74. The molecule has 3 N–H and O–H groups in total. The Bertz CT molecular complexity index is 393. The summed E-state index contributed by atoms with van der Waals surface area (Å²) < 4.78 is 0. The molecule has 0 fully saturated rings. The summed E-state index contributed by atoms with van der Waals surface area (Å²) in [6, 6.07) is 7.17. The fourth-order valence-corrected chi connectivity index (χ4v) is 2.13. The second-order valence-electron chi connectivity index (χ2n) is 4.90. The topological polar surface area (TPSA) is 55.1 Å². The predicted octanol–water partition coefficient (Wildman–Crippen LogP) is 3.29. The van der Waals surface area contributed by atoms with Crippen LogP contribution in [-0.2, 0) is 4.79 Å². The van der Waals surface area contributed by atoms with E-state index in [1.165, 1.54) is 0 Å². The summed E-state index contributed by atoms with van der Waals surface area (Å²) in [4.78, 5) is 12.1. The standard InChI is InChI=1S/C14H21ClN2O/c1-10(2)8-11(6-7-16)14(18)17-13-5-3-4-12(15)9-13/h3-5,9-11H,6-8,16H2,1-2H3,(H,17,18). The maximum Gasteiger partial charge on any atom is 0.227 e. The smallest absolute Gasteiger partial charge is 0.227 e. The van der Waals surface area contributed by atoms with Crippen molar-refractivity contribution in [3.8, 4) is 0 Å². The van der Waals surface area contributed by atoms with E-state index in [9.17, 15) is 4.79 Å². The number of amides is 1. The third-order valence-corrected chi connectivity index (χ3v) is 2.97. The van der Waals surface area contributed by atoms with Crippen LogP contribution in [-0.4, -0.2) is 12.5 Å². The van der Waals surface area contributed by atoms with E-state index in [2.05, 4.69) is 19.2 Å². The zero-order chi connectivity index (χ0) is 13.5. The summed E-state index contributed by atoms with van der Waals surface area (Å²) in [7, 11) is 0. The third-order valence-electron chi connectivity index (χ3n) is 2.73. The highest BCUT2D eigenvalue weighted by Gasteiger charge is 2.19. The Morgan fingerprint density at radius 2 is 2.17 bits per heavy atom. The van der Waals surface area contributed by atoms with Crippen LogP contribution in [0.5, 0.6) is 0 Å². The van der Waals surface area contributed by atoms with Crippen molar-refractivity contribution in [2.45, 2.75) is 26.7 Å². The van der Waals surface area contributed by atoms with Crippen molar-refractivity contribution in [2.24, 2.45) is 17.6 Å². The number of hydrogen-bond acceptors (Lipinski definition) is 2. The van der Waals surface area contributed by atoms with Gasteiger partial charge in [-0.25, -0.2) is 0 Å². The van der Waals surface area contributed by atoms with Crippen LogP contribution >= 0.6 is 11.6 Å². The van der Waals surface area contributed by atoms with Crippen LogP contribution in [0.2, 0.25) is 5.02 Å². The van der Waals surface area contributed by atoms with Crippen LogP contribution < -0.4 is 11.1 Å². The molecule has 0 saturated carbocycles. The maximum absolute atomic E-state index is 12.1. The highest BCUT2D eigenvalue weighted by atomic mass is 35.5. The zero-order valence-electron chi connectivity index (χ0n) is 10.9. The molecule has 0 aromatic heterocycles. The van der Waals surface area contributed by atoms with Gasteiger partial charge in [-0.15, -0.1) is 0 Å². The molecule has 1 aromatic rings. The molecule has 4 heteroatoms. The van der Waals surface area contributed by atoms with Crippen molar-refractivity contribution in [1.82, 2.24) is 0 Å². The van der Waals surface area contributed by atoms with Crippen LogP contribution in [0.15, 0.2) is 24.3 Å². The second kappa shape index (κ2) is 7.39. The molecule has 0 saturated heterocycles. The molecule has 1 aromatic carbocycles. The van der Waals surface area contributed by atoms with Crippen LogP contribution in [0.3, 0.4) is 0 Å². The molecule has 0 spiro atoms. The average molecular weight is 269 g/mol. The van der Waals surface area contributed by atoms with Crippen molar-refractivity contribution >= 4 is 23.2 Å². The van der Waals surface area contributed by atoms with Gasteiger partial charge in [-0.2, -0.15) is 0 Å². The minimum absolute atomic E-state index is 0.0245. The Balaban J connectivity index is 2.66. The lowest BCUT2D eigenvalue weighted by atomic mass is 9.93. The first-order valence-corrected chi connectivity index (χ1v) is 6.67. The Hall–Kier alpha value is -1.06. The fraction of sp³-hybridized carbons (Fsp3) is 0.500. The minimum Gasteiger partial charge on any atom is -0.330 e. The number of rotatable bonds is 6. The number of nitrogens with two attached hydrogens (primary N) is 1. The molecule has 1 atom stereocenters. The Morgan fingerprint density at radius 1 is 1.44 bits per heavy atom. The lowest BCUT2D eigenvalue weighted by molar-refractivity contribution is -0.120. The number of nitrogens with one attached hydrogen (secondary N) is 1. The van der Waals surface area contributed by atoms with Crippen molar-refractivity contribution in [3.63, 3.8) is 0 Å². The SMILES string of the molecule is CC(C)CC(CCN)C(=O)Nc1cccc(Cl)c1. The molecule has 3 nitrogen and oxygen atoms in total. The van der Waals surface area contributed by atoms with Gasteiger partial charge in [0.15, 0.2) is 0 Å². The molecule has 18 heavy (non-hydrogen) atoms. The number of halogens is 1. The summed E-state index contributed by atoms with van der Waals surface area (Å²) in [6.07, 6.45) is 1.56. The molecule has 100 valence electrons. The van der Waals surface area contributed by atoms with E-state index in [1.54, 1.807) is 12.1 Å². The van der Waals surface area contributed by atoms with E-state index < -0.39 is 0 Å². The largest absolute Gasteiger partial charge is 0.330 e. The van der Waals surface area contributed by atoms with Gasteiger partial charge >= 0.3 is 0 Å². The number of benzene rings is 1. The summed E-state index contributed by atoms with van der Waals surface area (Å²) >= 11 is 5.88. The lowest BCUT2D eigenvalue weighted by Crippen LogP contribution is -2.26. The maximum atomic E-state index is 12.1. The van der Waals surface area contributed by atoms with Crippen molar-refractivity contribution in [1.29, 1.82) is 0 Å². The number of carbonyl (C=O) groups excluding carboxylic acids is 1. The van der Waals surface area contributed by atoms with Crippen LogP contribution in [0.25, 0.3) is 0 Å².